The van der Waals surface area contributed by atoms with E-state index in [0.29, 0.717) is 28.7 Å². The lowest BCUT2D eigenvalue weighted by Gasteiger charge is -2.07. The molecule has 0 amide bonds. The van der Waals surface area contributed by atoms with Crippen molar-refractivity contribution in [3.63, 3.8) is 0 Å². The number of hydrogen-bond acceptors (Lipinski definition) is 3. The van der Waals surface area contributed by atoms with Gasteiger partial charge in [-0.15, -0.1) is 12.4 Å². The van der Waals surface area contributed by atoms with E-state index < -0.39 is 10.0 Å². The Hall–Kier alpha value is -0.0400. The van der Waals surface area contributed by atoms with Gasteiger partial charge in [0.25, 0.3) is 0 Å². The SMILES string of the molecule is CNCCNS(=O)(=O)Cc1cc(Cl)cc(Cl)c1.Cl. The van der Waals surface area contributed by atoms with Gasteiger partial charge in [-0.2, -0.15) is 0 Å². The monoisotopic (exact) mass is 332 g/mol. The minimum atomic E-state index is -3.35. The fourth-order valence-corrected chi connectivity index (χ4v) is 2.99. The van der Waals surface area contributed by atoms with Crippen LogP contribution in [-0.4, -0.2) is 28.6 Å². The van der Waals surface area contributed by atoms with Crippen LogP contribution in [0.4, 0.5) is 0 Å². The zero-order chi connectivity index (χ0) is 12.9. The Morgan fingerprint density at radius 3 is 2.17 bits per heavy atom. The summed E-state index contributed by atoms with van der Waals surface area (Å²) in [6.07, 6.45) is 0. The molecular formula is C10H15Cl3N2O2S. The van der Waals surface area contributed by atoms with Gasteiger partial charge in [0, 0.05) is 23.1 Å². The van der Waals surface area contributed by atoms with Gasteiger partial charge in [0.1, 0.15) is 0 Å². The molecule has 8 heteroatoms. The average Bonchev–Trinajstić information content (AvgIpc) is 2.14. The van der Waals surface area contributed by atoms with E-state index in [9.17, 15) is 8.42 Å². The van der Waals surface area contributed by atoms with Crippen LogP contribution in [0.15, 0.2) is 18.2 Å². The second-order valence-corrected chi connectivity index (χ2v) is 6.21. The maximum atomic E-state index is 11.7. The van der Waals surface area contributed by atoms with Gasteiger partial charge < -0.3 is 5.32 Å². The number of rotatable bonds is 6. The molecule has 0 atom stereocenters. The van der Waals surface area contributed by atoms with E-state index in [2.05, 4.69) is 10.0 Å². The van der Waals surface area contributed by atoms with Crippen LogP contribution >= 0.6 is 35.6 Å². The van der Waals surface area contributed by atoms with Crippen LogP contribution in [0.5, 0.6) is 0 Å². The molecule has 1 rings (SSSR count). The number of hydrogen-bond donors (Lipinski definition) is 2. The lowest BCUT2D eigenvalue weighted by atomic mass is 10.2. The van der Waals surface area contributed by atoms with Gasteiger partial charge in [-0.05, 0) is 30.8 Å². The van der Waals surface area contributed by atoms with Crippen LogP contribution in [0.25, 0.3) is 0 Å². The molecule has 104 valence electrons. The minimum Gasteiger partial charge on any atom is -0.318 e. The summed E-state index contributed by atoms with van der Waals surface area (Å²) in [6.45, 7) is 0.933. The molecule has 1 aromatic carbocycles. The Kier molecular flexibility index (Phi) is 8.18. The quantitative estimate of drug-likeness (QED) is 0.783. The minimum absolute atomic E-state index is 0. The summed E-state index contributed by atoms with van der Waals surface area (Å²) in [7, 11) is -1.59. The summed E-state index contributed by atoms with van der Waals surface area (Å²) < 4.78 is 25.8. The van der Waals surface area contributed by atoms with Crippen molar-refractivity contribution in [2.24, 2.45) is 0 Å². The fourth-order valence-electron chi connectivity index (χ4n) is 1.30. The van der Waals surface area contributed by atoms with Gasteiger partial charge in [-0.25, -0.2) is 13.1 Å². The van der Waals surface area contributed by atoms with Crippen LogP contribution in [0.1, 0.15) is 5.56 Å². The van der Waals surface area contributed by atoms with Crippen LogP contribution in [0.3, 0.4) is 0 Å². The summed E-state index contributed by atoms with van der Waals surface area (Å²) in [6, 6.07) is 4.74. The average molecular weight is 334 g/mol. The van der Waals surface area contributed by atoms with E-state index in [1.54, 1.807) is 25.2 Å². The van der Waals surface area contributed by atoms with Gasteiger partial charge in [-0.1, -0.05) is 23.2 Å². The van der Waals surface area contributed by atoms with Gasteiger partial charge in [0.05, 0.1) is 5.75 Å². The highest BCUT2D eigenvalue weighted by Gasteiger charge is 2.11. The van der Waals surface area contributed by atoms with Crippen LogP contribution < -0.4 is 10.0 Å². The van der Waals surface area contributed by atoms with Crippen molar-refractivity contribution in [3.8, 4) is 0 Å². The molecule has 0 unspecified atom stereocenters. The maximum absolute atomic E-state index is 11.7. The van der Waals surface area contributed by atoms with E-state index in [0.717, 1.165) is 0 Å². The van der Waals surface area contributed by atoms with Crippen molar-refractivity contribution in [1.29, 1.82) is 0 Å². The topological polar surface area (TPSA) is 58.2 Å². The summed E-state index contributed by atoms with van der Waals surface area (Å²) >= 11 is 11.6. The molecule has 0 saturated carbocycles. The van der Waals surface area contributed by atoms with Gasteiger partial charge in [-0.3, -0.25) is 0 Å². The normalized spacial score (nSPS) is 11.1. The number of nitrogens with one attached hydrogen (secondary N) is 2. The van der Waals surface area contributed by atoms with Crippen molar-refractivity contribution >= 4 is 45.6 Å². The number of likely N-dealkylation sites (N-methyl/N-ethyl adjacent to an activating group) is 1. The lowest BCUT2D eigenvalue weighted by molar-refractivity contribution is 0.578. The highest BCUT2D eigenvalue weighted by molar-refractivity contribution is 7.88. The van der Waals surface area contributed by atoms with Gasteiger partial charge in [0.2, 0.25) is 10.0 Å². The van der Waals surface area contributed by atoms with E-state index >= 15 is 0 Å². The van der Waals surface area contributed by atoms with Gasteiger partial charge >= 0.3 is 0 Å². The molecule has 4 nitrogen and oxygen atoms in total. The van der Waals surface area contributed by atoms with Crippen LogP contribution in [0, 0.1) is 0 Å². The smallest absolute Gasteiger partial charge is 0.215 e. The molecule has 2 N–H and O–H groups in total. The molecule has 0 aromatic heterocycles. The summed E-state index contributed by atoms with van der Waals surface area (Å²) in [5, 5.41) is 3.71. The fraction of sp³-hybridized carbons (Fsp3) is 0.400. The largest absolute Gasteiger partial charge is 0.318 e. The molecule has 1 aromatic rings. The Morgan fingerprint density at radius 2 is 1.67 bits per heavy atom. The molecular weight excluding hydrogens is 319 g/mol. The molecule has 18 heavy (non-hydrogen) atoms. The predicted octanol–water partition coefficient (Wildman–Crippen LogP) is 2.05. The second kappa shape index (κ2) is 8.19. The first-order valence-electron chi connectivity index (χ1n) is 5.00. The number of sulfonamides is 1. The first-order valence-corrected chi connectivity index (χ1v) is 7.41. The summed E-state index contributed by atoms with van der Waals surface area (Å²) in [4.78, 5) is 0. The molecule has 0 heterocycles. The van der Waals surface area contributed by atoms with E-state index in [-0.39, 0.29) is 18.2 Å². The second-order valence-electron chi connectivity index (χ2n) is 3.53. The molecule has 0 aliphatic carbocycles. The summed E-state index contributed by atoms with van der Waals surface area (Å²) in [5.41, 5.74) is 0.569. The standard InChI is InChI=1S/C10H14Cl2N2O2S.ClH/c1-13-2-3-14-17(15,16)7-8-4-9(11)6-10(12)5-8;/h4-6,13-14H,2-3,7H2,1H3;1H. The molecule has 0 fully saturated rings. The highest BCUT2D eigenvalue weighted by atomic mass is 35.5. The lowest BCUT2D eigenvalue weighted by Crippen LogP contribution is -2.31. The maximum Gasteiger partial charge on any atom is 0.215 e. The Bertz CT molecular complexity index is 460. The van der Waals surface area contributed by atoms with E-state index in [4.69, 9.17) is 23.2 Å². The predicted molar refractivity (Wildman–Crippen MR) is 78.3 cm³/mol. The van der Waals surface area contributed by atoms with E-state index in [1.807, 2.05) is 0 Å². The number of benzene rings is 1. The third-order valence-corrected chi connectivity index (χ3v) is 3.77. The summed E-state index contributed by atoms with van der Waals surface area (Å²) in [5.74, 6) is -0.128. The van der Waals surface area contributed by atoms with E-state index in [1.165, 1.54) is 0 Å². The first-order chi connectivity index (χ1) is 7.93. The Labute approximate surface area is 124 Å². The van der Waals surface area contributed by atoms with Crippen LogP contribution in [-0.2, 0) is 15.8 Å². The molecule has 0 radical (unpaired) electrons. The molecule has 0 aliphatic heterocycles. The van der Waals surface area contributed by atoms with Crippen molar-refractivity contribution < 1.29 is 8.42 Å². The van der Waals surface area contributed by atoms with Crippen LogP contribution in [0.2, 0.25) is 10.0 Å². The van der Waals surface area contributed by atoms with Crippen molar-refractivity contribution in [2.75, 3.05) is 20.1 Å². The van der Waals surface area contributed by atoms with Crippen molar-refractivity contribution in [3.05, 3.63) is 33.8 Å². The Morgan fingerprint density at radius 1 is 1.11 bits per heavy atom. The molecule has 0 spiro atoms. The third kappa shape index (κ3) is 6.78. The van der Waals surface area contributed by atoms with Crippen molar-refractivity contribution in [2.45, 2.75) is 5.75 Å². The third-order valence-electron chi connectivity index (χ3n) is 1.98. The highest BCUT2D eigenvalue weighted by Crippen LogP contribution is 2.20. The number of halogens is 3. The molecule has 0 aliphatic rings. The first kappa shape index (κ1) is 18.0. The van der Waals surface area contributed by atoms with Crippen molar-refractivity contribution in [1.82, 2.24) is 10.0 Å². The molecule has 0 bridgehead atoms. The zero-order valence-electron chi connectivity index (χ0n) is 9.74. The Balaban J connectivity index is 0.00000289. The molecule has 0 saturated heterocycles. The zero-order valence-corrected chi connectivity index (χ0v) is 12.9. The van der Waals surface area contributed by atoms with Gasteiger partial charge in [0.15, 0.2) is 0 Å².